The zero-order chi connectivity index (χ0) is 13.4. The maximum absolute atomic E-state index is 5.74. The summed E-state index contributed by atoms with van der Waals surface area (Å²) in [5.41, 5.74) is 0. The number of rotatable bonds is 8. The minimum atomic E-state index is 0.725. The van der Waals surface area contributed by atoms with Gasteiger partial charge in [-0.2, -0.15) is 0 Å². The van der Waals surface area contributed by atoms with Gasteiger partial charge in [0.1, 0.15) is 11.5 Å². The van der Waals surface area contributed by atoms with E-state index in [-0.39, 0.29) is 0 Å². The van der Waals surface area contributed by atoms with E-state index in [0.717, 1.165) is 53.0 Å². The Morgan fingerprint density at radius 1 is 1.11 bits per heavy atom. The van der Waals surface area contributed by atoms with Crippen molar-refractivity contribution in [2.45, 2.75) is 19.8 Å². The second-order valence-electron chi connectivity index (χ2n) is 3.83. The van der Waals surface area contributed by atoms with Gasteiger partial charge in [0.25, 0.3) is 0 Å². The Morgan fingerprint density at radius 2 is 1.78 bits per heavy atom. The van der Waals surface area contributed by atoms with E-state index in [1.165, 1.54) is 0 Å². The van der Waals surface area contributed by atoms with Gasteiger partial charge in [0, 0.05) is 0 Å². The SMILES string of the molecule is CCNCCCCOc1cc(Br)c(OC)cc1Br. The molecule has 0 spiro atoms. The lowest BCUT2D eigenvalue weighted by molar-refractivity contribution is 0.303. The monoisotopic (exact) mass is 379 g/mol. The van der Waals surface area contributed by atoms with Gasteiger partial charge in [0.15, 0.2) is 0 Å². The zero-order valence-corrected chi connectivity index (χ0v) is 13.9. The van der Waals surface area contributed by atoms with Crippen LogP contribution in [0, 0.1) is 0 Å². The van der Waals surface area contributed by atoms with Crippen LogP contribution in [-0.2, 0) is 0 Å². The first-order valence-electron chi connectivity index (χ1n) is 6.05. The maximum atomic E-state index is 5.74. The van der Waals surface area contributed by atoms with Crippen molar-refractivity contribution < 1.29 is 9.47 Å². The second-order valence-corrected chi connectivity index (χ2v) is 5.53. The summed E-state index contributed by atoms with van der Waals surface area (Å²) < 4.78 is 12.8. The largest absolute Gasteiger partial charge is 0.496 e. The average molecular weight is 381 g/mol. The molecule has 0 fully saturated rings. The molecule has 0 amide bonds. The normalized spacial score (nSPS) is 10.4. The number of unbranched alkanes of at least 4 members (excludes halogenated alkanes) is 1. The van der Waals surface area contributed by atoms with E-state index in [9.17, 15) is 0 Å². The fourth-order valence-corrected chi connectivity index (χ4v) is 2.41. The molecule has 1 N–H and O–H groups in total. The molecule has 0 aliphatic rings. The first-order valence-corrected chi connectivity index (χ1v) is 7.64. The van der Waals surface area contributed by atoms with Crippen molar-refractivity contribution in [2.24, 2.45) is 0 Å². The second kappa shape index (κ2) is 8.77. The lowest BCUT2D eigenvalue weighted by Crippen LogP contribution is -2.14. The molecule has 102 valence electrons. The van der Waals surface area contributed by atoms with Gasteiger partial charge in [-0.1, -0.05) is 6.92 Å². The van der Waals surface area contributed by atoms with Crippen molar-refractivity contribution in [3.05, 3.63) is 21.1 Å². The third-order valence-corrected chi connectivity index (χ3v) is 3.70. The molecule has 0 heterocycles. The van der Waals surface area contributed by atoms with E-state index in [2.05, 4.69) is 44.1 Å². The van der Waals surface area contributed by atoms with Crippen LogP contribution in [-0.4, -0.2) is 26.8 Å². The van der Waals surface area contributed by atoms with E-state index in [4.69, 9.17) is 9.47 Å². The number of halogens is 2. The summed E-state index contributed by atoms with van der Waals surface area (Å²) in [6.07, 6.45) is 2.17. The van der Waals surface area contributed by atoms with E-state index < -0.39 is 0 Å². The Hall–Kier alpha value is -0.260. The van der Waals surface area contributed by atoms with Crippen molar-refractivity contribution in [1.82, 2.24) is 5.32 Å². The highest BCUT2D eigenvalue weighted by atomic mass is 79.9. The van der Waals surface area contributed by atoms with E-state index in [1.54, 1.807) is 7.11 Å². The molecule has 1 aromatic rings. The molecule has 0 unspecified atom stereocenters. The summed E-state index contributed by atoms with van der Waals surface area (Å²) in [5.74, 6) is 1.63. The van der Waals surface area contributed by atoms with Gasteiger partial charge in [0.05, 0.1) is 22.7 Å². The average Bonchev–Trinajstić information content (AvgIpc) is 2.37. The number of hydrogen-bond acceptors (Lipinski definition) is 3. The van der Waals surface area contributed by atoms with Crippen molar-refractivity contribution in [3.8, 4) is 11.5 Å². The lowest BCUT2D eigenvalue weighted by Gasteiger charge is -2.11. The Bertz CT molecular complexity index is 372. The van der Waals surface area contributed by atoms with Crippen LogP contribution in [0.5, 0.6) is 11.5 Å². The van der Waals surface area contributed by atoms with Crippen molar-refractivity contribution in [2.75, 3.05) is 26.8 Å². The Morgan fingerprint density at radius 3 is 2.44 bits per heavy atom. The first-order chi connectivity index (χ1) is 8.69. The summed E-state index contributed by atoms with van der Waals surface area (Å²) in [5, 5.41) is 3.29. The van der Waals surface area contributed by atoms with Gasteiger partial charge in [0.2, 0.25) is 0 Å². The van der Waals surface area contributed by atoms with Crippen LogP contribution in [0.1, 0.15) is 19.8 Å². The standard InChI is InChI=1S/C13H19Br2NO2/c1-3-16-6-4-5-7-18-13-9-10(14)12(17-2)8-11(13)15/h8-9,16H,3-7H2,1-2H3. The van der Waals surface area contributed by atoms with Gasteiger partial charge < -0.3 is 14.8 Å². The molecular formula is C13H19Br2NO2. The first kappa shape index (κ1) is 15.8. The summed E-state index contributed by atoms with van der Waals surface area (Å²) in [6.45, 7) is 4.91. The predicted molar refractivity (Wildman–Crippen MR) is 81.7 cm³/mol. The van der Waals surface area contributed by atoms with Crippen LogP contribution in [0.15, 0.2) is 21.1 Å². The number of methoxy groups -OCH3 is 1. The molecule has 0 radical (unpaired) electrons. The third kappa shape index (κ3) is 5.16. The van der Waals surface area contributed by atoms with Crippen LogP contribution in [0.3, 0.4) is 0 Å². The molecule has 0 saturated carbocycles. The summed E-state index contributed by atoms with van der Waals surface area (Å²) in [7, 11) is 1.65. The minimum absolute atomic E-state index is 0.725. The number of ether oxygens (including phenoxy) is 2. The zero-order valence-electron chi connectivity index (χ0n) is 10.8. The number of hydrogen-bond donors (Lipinski definition) is 1. The smallest absolute Gasteiger partial charge is 0.134 e. The highest BCUT2D eigenvalue weighted by molar-refractivity contribution is 9.11. The molecule has 18 heavy (non-hydrogen) atoms. The quantitative estimate of drug-likeness (QED) is 0.691. The molecule has 0 aliphatic carbocycles. The van der Waals surface area contributed by atoms with Gasteiger partial charge in [-0.3, -0.25) is 0 Å². The molecule has 0 aromatic heterocycles. The summed E-state index contributed by atoms with van der Waals surface area (Å²) in [4.78, 5) is 0. The van der Waals surface area contributed by atoms with Crippen LogP contribution in [0.25, 0.3) is 0 Å². The third-order valence-electron chi connectivity index (χ3n) is 2.46. The molecule has 1 rings (SSSR count). The number of nitrogens with one attached hydrogen (secondary N) is 1. The van der Waals surface area contributed by atoms with Gasteiger partial charge in [-0.05, 0) is 69.9 Å². The van der Waals surface area contributed by atoms with Gasteiger partial charge >= 0.3 is 0 Å². The van der Waals surface area contributed by atoms with Gasteiger partial charge in [-0.25, -0.2) is 0 Å². The molecule has 0 aliphatic heterocycles. The van der Waals surface area contributed by atoms with Crippen LogP contribution < -0.4 is 14.8 Å². The maximum Gasteiger partial charge on any atom is 0.134 e. The van der Waals surface area contributed by atoms with Crippen LogP contribution in [0.2, 0.25) is 0 Å². The molecule has 0 atom stereocenters. The lowest BCUT2D eigenvalue weighted by atomic mass is 10.3. The Balaban J connectivity index is 2.40. The van der Waals surface area contributed by atoms with Crippen molar-refractivity contribution >= 4 is 31.9 Å². The highest BCUT2D eigenvalue weighted by Gasteiger charge is 2.07. The predicted octanol–water partition coefficient (Wildman–Crippen LogP) is 3.99. The molecule has 3 nitrogen and oxygen atoms in total. The highest BCUT2D eigenvalue weighted by Crippen LogP contribution is 2.35. The van der Waals surface area contributed by atoms with E-state index in [1.807, 2.05) is 12.1 Å². The minimum Gasteiger partial charge on any atom is -0.496 e. The fourth-order valence-electron chi connectivity index (χ4n) is 1.49. The Kier molecular flexibility index (Phi) is 7.70. The van der Waals surface area contributed by atoms with E-state index >= 15 is 0 Å². The van der Waals surface area contributed by atoms with Crippen molar-refractivity contribution in [3.63, 3.8) is 0 Å². The van der Waals surface area contributed by atoms with E-state index in [0.29, 0.717) is 0 Å². The molecule has 5 heteroatoms. The molecule has 0 bridgehead atoms. The van der Waals surface area contributed by atoms with Crippen molar-refractivity contribution in [1.29, 1.82) is 0 Å². The van der Waals surface area contributed by atoms with Crippen LogP contribution >= 0.6 is 31.9 Å². The molecule has 0 saturated heterocycles. The topological polar surface area (TPSA) is 30.5 Å². The summed E-state index contributed by atoms with van der Waals surface area (Å²) in [6, 6.07) is 3.82. The fraction of sp³-hybridized carbons (Fsp3) is 0.538. The Labute approximate surface area is 125 Å². The molecule has 1 aromatic carbocycles. The van der Waals surface area contributed by atoms with Crippen LogP contribution in [0.4, 0.5) is 0 Å². The number of benzene rings is 1. The molecular weight excluding hydrogens is 362 g/mol. The summed E-state index contributed by atoms with van der Waals surface area (Å²) >= 11 is 6.93. The van der Waals surface area contributed by atoms with Gasteiger partial charge in [-0.15, -0.1) is 0 Å².